The van der Waals surface area contributed by atoms with Gasteiger partial charge < -0.3 is 15.2 Å². The van der Waals surface area contributed by atoms with Crippen molar-refractivity contribution in [3.63, 3.8) is 0 Å². The summed E-state index contributed by atoms with van der Waals surface area (Å²) in [6, 6.07) is 0. The summed E-state index contributed by atoms with van der Waals surface area (Å²) >= 11 is 0. The molecule has 118 valence electrons. The predicted octanol–water partition coefficient (Wildman–Crippen LogP) is 2.25. The Balaban J connectivity index is 2.56. The molecule has 0 unspecified atom stereocenters. The third kappa shape index (κ3) is 6.53. The Bertz CT molecular complexity index is 440. The van der Waals surface area contributed by atoms with E-state index in [2.05, 4.69) is 22.2 Å². The molecule has 0 aromatic carbocycles. The largest absolute Gasteiger partial charge is 0.455 e. The number of anilines is 1. The van der Waals surface area contributed by atoms with Crippen LogP contribution in [0.3, 0.4) is 0 Å². The molecule has 0 amide bonds. The Kier molecular flexibility index (Phi) is 6.55. The van der Waals surface area contributed by atoms with Crippen molar-refractivity contribution < 1.29 is 14.6 Å². The molecule has 6 nitrogen and oxygen atoms in total. The summed E-state index contributed by atoms with van der Waals surface area (Å²) in [5.41, 5.74) is -0.355. The number of aliphatic hydroxyl groups excluding tert-OH is 1. The van der Waals surface area contributed by atoms with Crippen LogP contribution in [0.4, 0.5) is 5.82 Å². The summed E-state index contributed by atoms with van der Waals surface area (Å²) in [5, 5.41) is 12.1. The van der Waals surface area contributed by atoms with Crippen molar-refractivity contribution in [3.05, 3.63) is 18.1 Å². The minimum absolute atomic E-state index is 0.184. The van der Waals surface area contributed by atoms with E-state index in [9.17, 15) is 4.79 Å². The van der Waals surface area contributed by atoms with Gasteiger partial charge in [0, 0.05) is 13.2 Å². The van der Waals surface area contributed by atoms with Gasteiger partial charge in [0.1, 0.15) is 11.4 Å². The molecule has 0 aliphatic rings. The summed E-state index contributed by atoms with van der Waals surface area (Å²) in [4.78, 5) is 20.0. The zero-order valence-electron chi connectivity index (χ0n) is 13.2. The first kappa shape index (κ1) is 17.4. The molecule has 0 saturated carbocycles. The van der Waals surface area contributed by atoms with Gasteiger partial charge in [-0.1, -0.05) is 13.3 Å². The zero-order valence-corrected chi connectivity index (χ0v) is 13.2. The molecule has 0 aliphatic heterocycles. The van der Waals surface area contributed by atoms with E-state index in [-0.39, 0.29) is 12.3 Å². The van der Waals surface area contributed by atoms with Crippen molar-refractivity contribution >= 4 is 11.8 Å². The molecule has 0 bridgehead atoms. The van der Waals surface area contributed by atoms with Gasteiger partial charge >= 0.3 is 5.97 Å². The molecular weight excluding hydrogens is 270 g/mol. The smallest absolute Gasteiger partial charge is 0.359 e. The van der Waals surface area contributed by atoms with Crippen LogP contribution >= 0.6 is 0 Å². The van der Waals surface area contributed by atoms with Gasteiger partial charge in [-0.2, -0.15) is 0 Å². The average molecular weight is 295 g/mol. The monoisotopic (exact) mass is 295 g/mol. The van der Waals surface area contributed by atoms with Gasteiger partial charge in [0.05, 0.1) is 12.4 Å². The van der Waals surface area contributed by atoms with E-state index < -0.39 is 11.6 Å². The molecule has 1 aromatic rings. The highest BCUT2D eigenvalue weighted by Crippen LogP contribution is 2.12. The average Bonchev–Trinajstić information content (AvgIpc) is 2.42. The fourth-order valence-corrected chi connectivity index (χ4v) is 1.74. The van der Waals surface area contributed by atoms with E-state index in [1.165, 1.54) is 12.4 Å². The first-order valence-corrected chi connectivity index (χ1v) is 7.25. The van der Waals surface area contributed by atoms with Crippen LogP contribution in [0, 0.1) is 5.92 Å². The summed E-state index contributed by atoms with van der Waals surface area (Å²) in [6.07, 6.45) is 4.66. The predicted molar refractivity (Wildman–Crippen MR) is 81.2 cm³/mol. The third-order valence-electron chi connectivity index (χ3n) is 2.95. The van der Waals surface area contributed by atoms with Crippen LogP contribution in [0.1, 0.15) is 51.0 Å². The molecule has 21 heavy (non-hydrogen) atoms. The Hall–Kier alpha value is -1.69. The second kappa shape index (κ2) is 7.93. The van der Waals surface area contributed by atoms with Gasteiger partial charge in [0.25, 0.3) is 0 Å². The maximum atomic E-state index is 11.8. The van der Waals surface area contributed by atoms with Gasteiger partial charge in [0.2, 0.25) is 0 Å². The fraction of sp³-hybridized carbons (Fsp3) is 0.667. The SMILES string of the molecule is CC[C@@H](CCO)CNc1cnc(C(=O)OC(C)(C)C)cn1. The maximum Gasteiger partial charge on any atom is 0.359 e. The normalized spacial score (nSPS) is 12.8. The molecular formula is C15H25N3O3. The summed E-state index contributed by atoms with van der Waals surface area (Å²) in [5.74, 6) is 0.522. The number of nitrogens with one attached hydrogen (secondary N) is 1. The van der Waals surface area contributed by atoms with Crippen LogP contribution in [-0.4, -0.2) is 39.8 Å². The second-order valence-electron chi connectivity index (χ2n) is 5.96. The lowest BCUT2D eigenvalue weighted by Gasteiger charge is -2.19. The number of carbonyl (C=O) groups is 1. The number of nitrogens with zero attached hydrogens (tertiary/aromatic N) is 2. The van der Waals surface area contributed by atoms with Crippen LogP contribution in [0.15, 0.2) is 12.4 Å². The number of hydrogen-bond acceptors (Lipinski definition) is 6. The highest BCUT2D eigenvalue weighted by Gasteiger charge is 2.19. The molecule has 0 saturated heterocycles. The van der Waals surface area contributed by atoms with E-state index in [1.54, 1.807) is 20.8 Å². The van der Waals surface area contributed by atoms with Crippen LogP contribution in [0.5, 0.6) is 0 Å². The van der Waals surface area contributed by atoms with Crippen LogP contribution < -0.4 is 5.32 Å². The first-order valence-electron chi connectivity index (χ1n) is 7.25. The molecule has 0 spiro atoms. The standard InChI is InChI=1S/C15H25N3O3/c1-5-11(6-7-19)8-17-13-10-16-12(9-18-13)14(20)21-15(2,3)4/h9-11,19H,5-8H2,1-4H3,(H,17,18)/t11-/m0/s1. The van der Waals surface area contributed by atoms with E-state index >= 15 is 0 Å². The van der Waals surface area contributed by atoms with Crippen LogP contribution in [-0.2, 0) is 4.74 Å². The molecule has 1 heterocycles. The lowest BCUT2D eigenvalue weighted by molar-refractivity contribution is 0.00624. The van der Waals surface area contributed by atoms with E-state index in [0.29, 0.717) is 11.7 Å². The lowest BCUT2D eigenvalue weighted by Crippen LogP contribution is -2.24. The van der Waals surface area contributed by atoms with Crippen LogP contribution in [0.25, 0.3) is 0 Å². The van der Waals surface area contributed by atoms with E-state index in [1.807, 2.05) is 0 Å². The highest BCUT2D eigenvalue weighted by molar-refractivity contribution is 5.87. The highest BCUT2D eigenvalue weighted by atomic mass is 16.6. The summed E-state index contributed by atoms with van der Waals surface area (Å²) in [6.45, 7) is 8.40. The van der Waals surface area contributed by atoms with Crippen LogP contribution in [0.2, 0.25) is 0 Å². The minimum atomic E-state index is -0.547. The van der Waals surface area contributed by atoms with Gasteiger partial charge in [0.15, 0.2) is 5.69 Å². The number of ether oxygens (including phenoxy) is 1. The van der Waals surface area contributed by atoms with Crippen molar-refractivity contribution in [1.82, 2.24) is 9.97 Å². The molecule has 0 fully saturated rings. The fourth-order valence-electron chi connectivity index (χ4n) is 1.74. The molecule has 1 rings (SSSR count). The number of rotatable bonds is 7. The topological polar surface area (TPSA) is 84.3 Å². The molecule has 1 atom stereocenters. The van der Waals surface area contributed by atoms with Crippen molar-refractivity contribution in [2.24, 2.45) is 5.92 Å². The molecule has 6 heteroatoms. The van der Waals surface area contributed by atoms with Gasteiger partial charge in [-0.25, -0.2) is 14.8 Å². The summed E-state index contributed by atoms with van der Waals surface area (Å²) < 4.78 is 5.22. The van der Waals surface area contributed by atoms with E-state index in [4.69, 9.17) is 9.84 Å². The third-order valence-corrected chi connectivity index (χ3v) is 2.95. The van der Waals surface area contributed by atoms with Gasteiger partial charge in [-0.3, -0.25) is 0 Å². The molecule has 0 radical (unpaired) electrons. The number of aromatic nitrogens is 2. The number of esters is 1. The van der Waals surface area contributed by atoms with E-state index in [0.717, 1.165) is 19.4 Å². The number of aliphatic hydroxyl groups is 1. The number of carbonyl (C=O) groups excluding carboxylic acids is 1. The minimum Gasteiger partial charge on any atom is -0.455 e. The van der Waals surface area contributed by atoms with Crippen molar-refractivity contribution in [2.75, 3.05) is 18.5 Å². The molecule has 1 aromatic heterocycles. The Morgan fingerprint density at radius 3 is 2.57 bits per heavy atom. The molecule has 2 N–H and O–H groups in total. The summed E-state index contributed by atoms with van der Waals surface area (Å²) in [7, 11) is 0. The first-order chi connectivity index (χ1) is 9.85. The van der Waals surface area contributed by atoms with Crippen molar-refractivity contribution in [2.45, 2.75) is 46.1 Å². The molecule has 0 aliphatic carbocycles. The lowest BCUT2D eigenvalue weighted by atomic mass is 10.0. The zero-order chi connectivity index (χ0) is 15.9. The second-order valence-corrected chi connectivity index (χ2v) is 5.96. The Morgan fingerprint density at radius 2 is 2.10 bits per heavy atom. The maximum absolute atomic E-state index is 11.8. The Labute approximate surface area is 126 Å². The van der Waals surface area contributed by atoms with Crippen molar-refractivity contribution in [1.29, 1.82) is 0 Å². The van der Waals surface area contributed by atoms with Gasteiger partial charge in [-0.15, -0.1) is 0 Å². The van der Waals surface area contributed by atoms with Crippen molar-refractivity contribution in [3.8, 4) is 0 Å². The number of hydrogen-bond donors (Lipinski definition) is 2. The quantitative estimate of drug-likeness (QED) is 0.751. The Morgan fingerprint density at radius 1 is 1.38 bits per heavy atom. The van der Waals surface area contributed by atoms with Gasteiger partial charge in [-0.05, 0) is 33.1 Å².